The summed E-state index contributed by atoms with van der Waals surface area (Å²) in [7, 11) is 0. The fourth-order valence-electron chi connectivity index (χ4n) is 3.80. The minimum Gasteiger partial charge on any atom is -0.381 e. The van der Waals surface area contributed by atoms with Gasteiger partial charge in [-0.05, 0) is 43.0 Å². The quantitative estimate of drug-likeness (QED) is 0.639. The van der Waals surface area contributed by atoms with Crippen LogP contribution >= 0.6 is 0 Å². The summed E-state index contributed by atoms with van der Waals surface area (Å²) in [5, 5.41) is 14.7. The lowest BCUT2D eigenvalue weighted by Crippen LogP contribution is -2.28. The molecule has 0 saturated heterocycles. The standard InChI is InChI=1S/C24H28N6O/c1-15(2)30-14-26-29-22(30)19-11-8-12-20(27-19)28-23(31)21-16-9-6-7-10-18(16)25-13-17(21)24(3,4)5/h6-12,14-15,25H,13H2,1-5H3,(H,27,28,31). The van der Waals surface area contributed by atoms with E-state index in [2.05, 4.69) is 60.4 Å². The summed E-state index contributed by atoms with van der Waals surface area (Å²) < 4.78 is 1.96. The van der Waals surface area contributed by atoms with Gasteiger partial charge in [0.25, 0.3) is 5.91 Å². The number of carbonyl (C=O) groups is 1. The van der Waals surface area contributed by atoms with Crippen LogP contribution in [0.5, 0.6) is 0 Å². The molecule has 0 aliphatic carbocycles. The van der Waals surface area contributed by atoms with Gasteiger partial charge in [-0.25, -0.2) is 4.98 Å². The van der Waals surface area contributed by atoms with Crippen molar-refractivity contribution in [3.8, 4) is 11.5 Å². The number of fused-ring (bicyclic) bond motifs is 1. The number of para-hydroxylation sites is 1. The first-order chi connectivity index (χ1) is 14.8. The highest BCUT2D eigenvalue weighted by Gasteiger charge is 2.30. The van der Waals surface area contributed by atoms with Crippen molar-refractivity contribution in [1.82, 2.24) is 19.7 Å². The topological polar surface area (TPSA) is 84.7 Å². The van der Waals surface area contributed by atoms with E-state index in [-0.39, 0.29) is 17.4 Å². The van der Waals surface area contributed by atoms with Crippen LogP contribution in [0.4, 0.5) is 11.5 Å². The maximum atomic E-state index is 13.5. The Bertz CT molecular complexity index is 1150. The Balaban J connectivity index is 1.70. The van der Waals surface area contributed by atoms with Crippen LogP contribution in [0, 0.1) is 5.41 Å². The van der Waals surface area contributed by atoms with Crippen LogP contribution in [0.2, 0.25) is 0 Å². The molecular formula is C24H28N6O. The Kier molecular flexibility index (Phi) is 5.35. The van der Waals surface area contributed by atoms with Gasteiger partial charge in [0.2, 0.25) is 0 Å². The fraction of sp³-hybridized carbons (Fsp3) is 0.333. The van der Waals surface area contributed by atoms with Gasteiger partial charge in [-0.3, -0.25) is 4.79 Å². The number of carbonyl (C=O) groups excluding carboxylic acids is 1. The Morgan fingerprint density at radius 3 is 2.65 bits per heavy atom. The van der Waals surface area contributed by atoms with Gasteiger partial charge in [0.05, 0.1) is 5.57 Å². The minimum absolute atomic E-state index is 0.157. The highest BCUT2D eigenvalue weighted by Crippen LogP contribution is 2.39. The highest BCUT2D eigenvalue weighted by atomic mass is 16.1. The molecule has 0 saturated carbocycles. The number of nitrogens with one attached hydrogen (secondary N) is 2. The van der Waals surface area contributed by atoms with Crippen molar-refractivity contribution in [3.05, 3.63) is 59.9 Å². The van der Waals surface area contributed by atoms with Crippen LogP contribution in [0.1, 0.15) is 46.2 Å². The van der Waals surface area contributed by atoms with Crippen LogP contribution < -0.4 is 10.6 Å². The molecule has 7 nitrogen and oxygen atoms in total. The van der Waals surface area contributed by atoms with Crippen LogP contribution in [0.3, 0.4) is 0 Å². The van der Waals surface area contributed by atoms with Crippen LogP contribution in [0.15, 0.2) is 54.4 Å². The maximum Gasteiger partial charge on any atom is 0.257 e. The zero-order valence-electron chi connectivity index (χ0n) is 18.6. The highest BCUT2D eigenvalue weighted by molar-refractivity contribution is 6.27. The van der Waals surface area contributed by atoms with E-state index < -0.39 is 0 Å². The first-order valence-corrected chi connectivity index (χ1v) is 10.5. The lowest BCUT2D eigenvalue weighted by Gasteiger charge is -2.32. The monoisotopic (exact) mass is 416 g/mol. The summed E-state index contributed by atoms with van der Waals surface area (Å²) in [5.41, 5.74) is 4.16. The van der Waals surface area contributed by atoms with E-state index in [1.54, 1.807) is 12.4 Å². The smallest absolute Gasteiger partial charge is 0.257 e. The summed E-state index contributed by atoms with van der Waals surface area (Å²) in [6.07, 6.45) is 1.69. The van der Waals surface area contributed by atoms with Gasteiger partial charge in [-0.2, -0.15) is 0 Å². The molecule has 0 atom stereocenters. The van der Waals surface area contributed by atoms with E-state index in [4.69, 9.17) is 0 Å². The average molecular weight is 417 g/mol. The van der Waals surface area contributed by atoms with Crippen LogP contribution in [-0.4, -0.2) is 32.2 Å². The van der Waals surface area contributed by atoms with E-state index in [0.29, 0.717) is 29.5 Å². The SMILES string of the molecule is CC(C)n1cnnc1-c1cccc(NC(=O)C2=C(C(C)(C)C)CNc3ccccc32)n1. The normalized spacial score (nSPS) is 13.7. The molecule has 0 spiro atoms. The molecule has 1 aliphatic heterocycles. The van der Waals surface area contributed by atoms with Crippen LogP contribution in [-0.2, 0) is 4.79 Å². The summed E-state index contributed by atoms with van der Waals surface area (Å²) in [4.78, 5) is 18.1. The lowest BCUT2D eigenvalue weighted by atomic mass is 9.79. The third-order valence-electron chi connectivity index (χ3n) is 5.44. The van der Waals surface area contributed by atoms with Gasteiger partial charge in [-0.15, -0.1) is 10.2 Å². The van der Waals surface area contributed by atoms with Gasteiger partial charge < -0.3 is 15.2 Å². The molecule has 1 aliphatic rings. The molecule has 0 radical (unpaired) electrons. The van der Waals surface area contributed by atoms with E-state index in [9.17, 15) is 4.79 Å². The van der Waals surface area contributed by atoms with E-state index in [1.807, 2.05) is 41.0 Å². The second-order valence-electron chi connectivity index (χ2n) is 9.02. The van der Waals surface area contributed by atoms with Gasteiger partial charge >= 0.3 is 0 Å². The van der Waals surface area contributed by atoms with Crippen molar-refractivity contribution in [2.24, 2.45) is 5.41 Å². The first kappa shape index (κ1) is 20.8. The van der Waals surface area contributed by atoms with Crippen molar-refractivity contribution in [2.45, 2.75) is 40.7 Å². The largest absolute Gasteiger partial charge is 0.381 e. The van der Waals surface area contributed by atoms with Crippen molar-refractivity contribution in [3.63, 3.8) is 0 Å². The van der Waals surface area contributed by atoms with E-state index in [1.165, 1.54) is 0 Å². The number of rotatable bonds is 4. The summed E-state index contributed by atoms with van der Waals surface area (Å²) >= 11 is 0. The molecule has 4 rings (SSSR count). The van der Waals surface area contributed by atoms with Crippen LogP contribution in [0.25, 0.3) is 17.1 Å². The Morgan fingerprint density at radius 1 is 1.13 bits per heavy atom. The van der Waals surface area contributed by atoms with Crippen molar-refractivity contribution < 1.29 is 4.79 Å². The number of anilines is 2. The number of amides is 1. The zero-order chi connectivity index (χ0) is 22.2. The van der Waals surface area contributed by atoms with Crippen molar-refractivity contribution in [1.29, 1.82) is 0 Å². The van der Waals surface area contributed by atoms with Gasteiger partial charge in [0.15, 0.2) is 5.82 Å². The molecule has 2 N–H and O–H groups in total. The van der Waals surface area contributed by atoms with Gasteiger partial charge in [0.1, 0.15) is 17.8 Å². The van der Waals surface area contributed by atoms with Gasteiger partial charge in [-0.1, -0.05) is 45.0 Å². The Labute approximate surface area is 182 Å². The third kappa shape index (κ3) is 4.08. The second-order valence-corrected chi connectivity index (χ2v) is 9.02. The molecule has 3 aromatic rings. The molecule has 0 unspecified atom stereocenters. The molecule has 160 valence electrons. The average Bonchev–Trinajstić information content (AvgIpc) is 3.23. The Morgan fingerprint density at radius 2 is 1.90 bits per heavy atom. The summed E-state index contributed by atoms with van der Waals surface area (Å²) in [6.45, 7) is 11.1. The van der Waals surface area contributed by atoms with Crippen molar-refractivity contribution >= 4 is 23.0 Å². The number of pyridine rings is 1. The predicted molar refractivity (Wildman–Crippen MR) is 124 cm³/mol. The zero-order valence-corrected chi connectivity index (χ0v) is 18.6. The van der Waals surface area contributed by atoms with Gasteiger partial charge in [0, 0.05) is 23.8 Å². The molecule has 0 fully saturated rings. The number of hydrogen-bond donors (Lipinski definition) is 2. The predicted octanol–water partition coefficient (Wildman–Crippen LogP) is 4.78. The summed E-state index contributed by atoms with van der Waals surface area (Å²) in [5.74, 6) is 0.999. The first-order valence-electron chi connectivity index (χ1n) is 10.5. The molecule has 1 amide bonds. The van der Waals surface area contributed by atoms with E-state index in [0.717, 1.165) is 16.8 Å². The molecule has 7 heteroatoms. The van der Waals surface area contributed by atoms with E-state index >= 15 is 0 Å². The molecule has 2 aromatic heterocycles. The lowest BCUT2D eigenvalue weighted by molar-refractivity contribution is -0.111. The fourth-order valence-corrected chi connectivity index (χ4v) is 3.80. The minimum atomic E-state index is -0.158. The number of aromatic nitrogens is 4. The number of hydrogen-bond acceptors (Lipinski definition) is 5. The molecule has 0 bridgehead atoms. The number of benzene rings is 1. The molecular weight excluding hydrogens is 388 g/mol. The third-order valence-corrected chi connectivity index (χ3v) is 5.44. The Hall–Kier alpha value is -3.48. The number of nitrogens with zero attached hydrogens (tertiary/aromatic N) is 4. The molecule has 31 heavy (non-hydrogen) atoms. The summed E-state index contributed by atoms with van der Waals surface area (Å²) in [6, 6.07) is 13.6. The second kappa shape index (κ2) is 7.98. The molecule has 3 heterocycles. The van der Waals surface area contributed by atoms with Crippen molar-refractivity contribution in [2.75, 3.05) is 17.2 Å². The molecule has 1 aromatic carbocycles. The maximum absolute atomic E-state index is 13.5.